The maximum atomic E-state index is 9.77. The first kappa shape index (κ1) is 16.5. The van der Waals surface area contributed by atoms with Gasteiger partial charge in [-0.25, -0.2) is 0 Å². The van der Waals surface area contributed by atoms with Gasteiger partial charge in [0.1, 0.15) is 0 Å². The predicted octanol–water partition coefficient (Wildman–Crippen LogP) is -1.23. The van der Waals surface area contributed by atoms with E-state index in [2.05, 4.69) is 9.42 Å². The van der Waals surface area contributed by atoms with E-state index in [1.54, 1.807) is 0 Å². The standard InChI is InChI=1S/C2H8N2.ClH.3NO2.Pt/c3-1-2-4;;3*2-1-3;/h1-4H2;1H;;;;/q;;;;;+1/p-1. The number of nitrogens with two attached hydrogens (primary N) is 2. The quantitative estimate of drug-likeness (QED) is 0.412. The third-order valence-electron chi connectivity index (χ3n) is 0.607. The molecule has 0 unspecified atom stereocenters. The summed E-state index contributed by atoms with van der Waals surface area (Å²) in [7, 11) is 4.63. The van der Waals surface area contributed by atoms with Gasteiger partial charge in [0, 0.05) is 13.1 Å². The molecule has 0 aliphatic rings. The van der Waals surface area contributed by atoms with E-state index in [0.717, 1.165) is 0 Å². The van der Waals surface area contributed by atoms with E-state index in [9.17, 15) is 30.3 Å². The van der Waals surface area contributed by atoms with Crippen molar-refractivity contribution in [3.63, 3.8) is 0 Å². The Morgan fingerprint density at radius 1 is 0.933 bits per heavy atom. The average molecular weight is 429 g/mol. The number of nitrogens with zero attached hydrogens (tertiary/aromatic N) is 3. The van der Waals surface area contributed by atoms with Crippen LogP contribution in [0.25, 0.3) is 0 Å². The minimum absolute atomic E-state index is 0.597. The molecular formula is C2H8ClN5O6Pt. The number of hydrogen-bond acceptors (Lipinski definition) is 8. The molecule has 0 aliphatic heterocycles. The van der Waals surface area contributed by atoms with E-state index in [1.165, 1.54) is 0 Å². The number of rotatable bonds is 4. The van der Waals surface area contributed by atoms with Crippen molar-refractivity contribution >= 4 is 9.42 Å². The van der Waals surface area contributed by atoms with Crippen LogP contribution in [0.1, 0.15) is 0 Å². The molecule has 94 valence electrons. The monoisotopic (exact) mass is 428 g/mol. The molecule has 0 aromatic heterocycles. The first-order valence-electron chi connectivity index (χ1n) is 2.96. The van der Waals surface area contributed by atoms with Gasteiger partial charge in [-0.2, -0.15) is 0 Å². The van der Waals surface area contributed by atoms with Crippen molar-refractivity contribution in [3.8, 4) is 0 Å². The Kier molecular flexibility index (Phi) is 8.15. The Morgan fingerprint density at radius 2 is 1.13 bits per heavy atom. The van der Waals surface area contributed by atoms with Crippen LogP contribution in [0.15, 0.2) is 0 Å². The van der Waals surface area contributed by atoms with Crippen LogP contribution in [0.2, 0.25) is 0 Å². The van der Waals surface area contributed by atoms with Crippen LogP contribution >= 0.6 is 9.42 Å². The Balaban J connectivity index is 0. The Hall–Kier alpha value is -0.902. The van der Waals surface area contributed by atoms with Gasteiger partial charge in [0.15, 0.2) is 0 Å². The van der Waals surface area contributed by atoms with Crippen molar-refractivity contribution in [2.45, 2.75) is 0 Å². The second kappa shape index (κ2) is 7.40. The fraction of sp³-hybridized carbons (Fsp3) is 1.00. The normalized spacial score (nSPS) is 10.9. The molecule has 0 aromatic rings. The van der Waals surface area contributed by atoms with Gasteiger partial charge in [0.25, 0.3) is 0 Å². The van der Waals surface area contributed by atoms with E-state index in [1.807, 2.05) is 0 Å². The third kappa shape index (κ3) is 4.93. The summed E-state index contributed by atoms with van der Waals surface area (Å²) < 4.78 is -4.85. The second-order valence-corrected chi connectivity index (χ2v) is 9.13. The van der Waals surface area contributed by atoms with Crippen LogP contribution in [0, 0.1) is 30.3 Å². The van der Waals surface area contributed by atoms with Gasteiger partial charge in [-0.1, -0.05) is 0 Å². The summed E-state index contributed by atoms with van der Waals surface area (Å²) in [5.74, 6) is 0. The van der Waals surface area contributed by atoms with Crippen LogP contribution in [-0.2, 0) is 15.8 Å². The number of nitro groups is 3. The van der Waals surface area contributed by atoms with Gasteiger partial charge in [-0.05, 0) is 0 Å². The Morgan fingerprint density at radius 3 is 1.13 bits per heavy atom. The molecule has 0 aliphatic carbocycles. The van der Waals surface area contributed by atoms with Crippen molar-refractivity contribution in [2.75, 3.05) is 13.1 Å². The maximum absolute atomic E-state index is 9.77. The summed E-state index contributed by atoms with van der Waals surface area (Å²) in [4.78, 5) is 29.3. The molecule has 0 bridgehead atoms. The van der Waals surface area contributed by atoms with Crippen LogP contribution in [-0.4, -0.2) is 23.5 Å². The molecule has 0 spiro atoms. The molecule has 11 nitrogen and oxygen atoms in total. The summed E-state index contributed by atoms with van der Waals surface area (Å²) in [6.07, 6.45) is 0. The minimum atomic E-state index is -5.79. The molecular weight excluding hydrogens is 421 g/mol. The van der Waals surface area contributed by atoms with E-state index in [4.69, 9.17) is 11.5 Å². The van der Waals surface area contributed by atoms with Gasteiger partial charge in [-0.3, -0.25) is 0 Å². The molecule has 0 atom stereocenters. The Labute approximate surface area is 90.8 Å². The zero-order valence-corrected chi connectivity index (χ0v) is 10.1. The van der Waals surface area contributed by atoms with Gasteiger partial charge in [0.2, 0.25) is 0 Å². The molecule has 0 aromatic carbocycles. The summed E-state index contributed by atoms with van der Waals surface area (Å²) in [6, 6.07) is 0. The van der Waals surface area contributed by atoms with Crippen LogP contribution in [0.5, 0.6) is 0 Å². The molecule has 4 N–H and O–H groups in total. The second-order valence-electron chi connectivity index (χ2n) is 1.50. The van der Waals surface area contributed by atoms with Crippen LogP contribution in [0.4, 0.5) is 0 Å². The van der Waals surface area contributed by atoms with Gasteiger partial charge in [0.05, 0.1) is 0 Å². The van der Waals surface area contributed by atoms with E-state index >= 15 is 0 Å². The predicted molar refractivity (Wildman–Crippen MR) is 44.9 cm³/mol. The summed E-state index contributed by atoms with van der Waals surface area (Å²) in [6.45, 7) is 1.19. The number of halogens is 1. The SMILES string of the molecule is NCCN.O=[N+]([O-])[Pt]([Cl])([N+](=O)[O-])[N+](=O)[O-]. The molecule has 0 rings (SSSR count). The van der Waals surface area contributed by atoms with Crippen molar-refractivity contribution in [1.82, 2.24) is 0 Å². The Bertz CT molecular complexity index is 222. The van der Waals surface area contributed by atoms with Gasteiger partial charge >= 0.3 is 66.0 Å². The van der Waals surface area contributed by atoms with E-state index in [0.29, 0.717) is 13.1 Å². The average Bonchev–Trinajstić information content (AvgIpc) is 2.15. The van der Waals surface area contributed by atoms with Crippen molar-refractivity contribution in [3.05, 3.63) is 30.3 Å². The molecule has 0 saturated heterocycles. The first-order chi connectivity index (χ1) is 6.74. The fourth-order valence-corrected chi connectivity index (χ4v) is 1.04. The molecule has 0 saturated carbocycles. The van der Waals surface area contributed by atoms with Crippen LogP contribution < -0.4 is 11.5 Å². The molecule has 13 heteroatoms. The van der Waals surface area contributed by atoms with Crippen LogP contribution in [0.3, 0.4) is 0 Å². The molecule has 0 radical (unpaired) electrons. The first-order valence-corrected chi connectivity index (χ1v) is 8.82. The molecule has 15 heavy (non-hydrogen) atoms. The zero-order chi connectivity index (χ0) is 12.6. The van der Waals surface area contributed by atoms with Gasteiger partial charge in [-0.15, -0.1) is 0 Å². The molecule has 0 heterocycles. The van der Waals surface area contributed by atoms with E-state index in [-0.39, 0.29) is 0 Å². The fourth-order valence-electron chi connectivity index (χ4n) is 0.126. The zero-order valence-electron chi connectivity index (χ0n) is 7.05. The van der Waals surface area contributed by atoms with Crippen molar-refractivity contribution in [2.24, 2.45) is 11.5 Å². The van der Waals surface area contributed by atoms with Crippen molar-refractivity contribution in [1.29, 1.82) is 0 Å². The molecule has 0 amide bonds. The number of hydrogen-bond donors (Lipinski definition) is 2. The van der Waals surface area contributed by atoms with Crippen molar-refractivity contribution < 1.29 is 26.2 Å². The summed E-state index contributed by atoms with van der Waals surface area (Å²) in [5.41, 5.74) is 9.81. The van der Waals surface area contributed by atoms with E-state index < -0.39 is 26.2 Å². The third-order valence-corrected chi connectivity index (χ3v) is 5.92. The summed E-state index contributed by atoms with van der Waals surface area (Å²) in [5, 5.41) is 29.3. The van der Waals surface area contributed by atoms with Gasteiger partial charge < -0.3 is 11.5 Å². The molecule has 0 fully saturated rings. The topological polar surface area (TPSA) is 181 Å². The summed E-state index contributed by atoms with van der Waals surface area (Å²) >= 11 is -5.79.